The fourth-order valence-corrected chi connectivity index (χ4v) is 2.21. The monoisotopic (exact) mass is 277 g/mol. The van der Waals surface area contributed by atoms with Crippen molar-refractivity contribution in [2.24, 2.45) is 11.7 Å². The lowest BCUT2D eigenvalue weighted by Crippen LogP contribution is -2.29. The molecule has 20 heavy (non-hydrogen) atoms. The van der Waals surface area contributed by atoms with E-state index in [1.165, 1.54) is 18.1 Å². The van der Waals surface area contributed by atoms with Crippen molar-refractivity contribution in [3.8, 4) is 0 Å². The van der Waals surface area contributed by atoms with Crippen molar-refractivity contribution in [2.45, 2.75) is 6.42 Å². The van der Waals surface area contributed by atoms with Crippen molar-refractivity contribution in [3.63, 3.8) is 0 Å². The Bertz CT molecular complexity index is 585. The Morgan fingerprint density at radius 2 is 2.10 bits per heavy atom. The van der Waals surface area contributed by atoms with E-state index in [0.29, 0.717) is 5.69 Å². The minimum absolute atomic E-state index is 0.0528. The lowest BCUT2D eigenvalue weighted by molar-refractivity contribution is -0.123. The molecule has 1 aliphatic heterocycles. The first kappa shape index (κ1) is 13.9. The molecule has 1 saturated heterocycles. The second-order valence-corrected chi connectivity index (χ2v) is 4.54. The fourth-order valence-electron chi connectivity index (χ4n) is 2.21. The van der Waals surface area contributed by atoms with Crippen molar-refractivity contribution >= 4 is 29.2 Å². The number of anilines is 2. The second-order valence-electron chi connectivity index (χ2n) is 4.54. The van der Waals surface area contributed by atoms with E-state index in [4.69, 9.17) is 11.5 Å². The van der Waals surface area contributed by atoms with Gasteiger partial charge in [0.25, 0.3) is 0 Å². The minimum atomic E-state index is -0.581. The van der Waals surface area contributed by atoms with Gasteiger partial charge in [0.05, 0.1) is 30.0 Å². The first-order valence-corrected chi connectivity index (χ1v) is 6.02. The molecule has 0 bridgehead atoms. The van der Waals surface area contributed by atoms with Gasteiger partial charge in [-0.3, -0.25) is 9.59 Å². The maximum absolute atomic E-state index is 11.9. The summed E-state index contributed by atoms with van der Waals surface area (Å²) in [5, 5.41) is 0. The van der Waals surface area contributed by atoms with Crippen molar-refractivity contribution in [1.82, 2.24) is 0 Å². The Balaban J connectivity index is 2.37. The Morgan fingerprint density at radius 1 is 1.40 bits per heavy atom. The van der Waals surface area contributed by atoms with Gasteiger partial charge < -0.3 is 21.1 Å². The SMILES string of the molecule is COC(=O)c1cccc(N2CC(C(N)=O)CC2=O)c1N. The normalized spacial score (nSPS) is 18.1. The van der Waals surface area contributed by atoms with Crippen LogP contribution in [0.1, 0.15) is 16.8 Å². The topological polar surface area (TPSA) is 116 Å². The Kier molecular flexibility index (Phi) is 3.60. The minimum Gasteiger partial charge on any atom is -0.465 e. The van der Waals surface area contributed by atoms with Gasteiger partial charge in [0, 0.05) is 13.0 Å². The number of nitrogen functional groups attached to an aromatic ring is 1. The second kappa shape index (κ2) is 5.20. The highest BCUT2D eigenvalue weighted by Crippen LogP contribution is 2.32. The van der Waals surface area contributed by atoms with Crippen LogP contribution in [0.4, 0.5) is 11.4 Å². The van der Waals surface area contributed by atoms with Crippen LogP contribution in [-0.4, -0.2) is 31.4 Å². The van der Waals surface area contributed by atoms with Gasteiger partial charge in [0.15, 0.2) is 0 Å². The van der Waals surface area contributed by atoms with Gasteiger partial charge in [0.2, 0.25) is 11.8 Å². The lowest BCUT2D eigenvalue weighted by Gasteiger charge is -2.19. The number of carbonyl (C=O) groups excluding carboxylic acids is 3. The largest absolute Gasteiger partial charge is 0.465 e. The summed E-state index contributed by atoms with van der Waals surface area (Å²) in [5.74, 6) is -1.89. The Morgan fingerprint density at radius 3 is 2.65 bits per heavy atom. The molecular weight excluding hydrogens is 262 g/mol. The summed E-state index contributed by atoms with van der Waals surface area (Å²) in [5.41, 5.74) is 11.8. The van der Waals surface area contributed by atoms with Gasteiger partial charge in [-0.1, -0.05) is 6.07 Å². The molecule has 1 aliphatic rings. The first-order chi connectivity index (χ1) is 9.45. The van der Waals surface area contributed by atoms with Crippen molar-refractivity contribution < 1.29 is 19.1 Å². The third-order valence-corrected chi connectivity index (χ3v) is 3.31. The molecule has 7 nitrogen and oxygen atoms in total. The summed E-state index contributed by atoms with van der Waals surface area (Å²) in [7, 11) is 1.25. The van der Waals surface area contributed by atoms with E-state index in [-0.39, 0.29) is 30.1 Å². The van der Waals surface area contributed by atoms with E-state index in [9.17, 15) is 14.4 Å². The molecule has 0 spiro atoms. The summed E-state index contributed by atoms with van der Waals surface area (Å²) >= 11 is 0. The molecule has 1 unspecified atom stereocenters. The van der Waals surface area contributed by atoms with Gasteiger partial charge in [-0.15, -0.1) is 0 Å². The van der Waals surface area contributed by atoms with Crippen molar-refractivity contribution in [1.29, 1.82) is 0 Å². The number of hydrogen-bond donors (Lipinski definition) is 2. The number of methoxy groups -OCH3 is 1. The number of hydrogen-bond acceptors (Lipinski definition) is 5. The molecule has 1 aromatic carbocycles. The van der Waals surface area contributed by atoms with Gasteiger partial charge >= 0.3 is 5.97 Å². The lowest BCUT2D eigenvalue weighted by atomic mass is 10.1. The van der Waals surface area contributed by atoms with Crippen molar-refractivity contribution in [2.75, 3.05) is 24.3 Å². The van der Waals surface area contributed by atoms with E-state index in [1.807, 2.05) is 0 Å². The van der Waals surface area contributed by atoms with Gasteiger partial charge in [-0.05, 0) is 12.1 Å². The number of carbonyl (C=O) groups is 3. The fraction of sp³-hybridized carbons (Fsp3) is 0.308. The van der Waals surface area contributed by atoms with Gasteiger partial charge in [-0.2, -0.15) is 0 Å². The molecule has 1 atom stereocenters. The standard InChI is InChI=1S/C13H15N3O4/c1-20-13(19)8-3-2-4-9(11(8)14)16-6-7(12(15)18)5-10(16)17/h2-4,7H,5-6,14H2,1H3,(H2,15,18). The van der Waals surface area contributed by atoms with Crippen LogP contribution in [0.2, 0.25) is 0 Å². The van der Waals surface area contributed by atoms with Gasteiger partial charge in [0.1, 0.15) is 0 Å². The number of nitrogens with zero attached hydrogens (tertiary/aromatic N) is 1. The average Bonchev–Trinajstić information content (AvgIpc) is 2.80. The maximum Gasteiger partial charge on any atom is 0.340 e. The van der Waals surface area contributed by atoms with Crippen LogP contribution in [0.5, 0.6) is 0 Å². The Labute approximate surface area is 115 Å². The van der Waals surface area contributed by atoms with E-state index >= 15 is 0 Å². The molecule has 1 aromatic rings. The van der Waals surface area contributed by atoms with E-state index in [2.05, 4.69) is 4.74 Å². The zero-order valence-electron chi connectivity index (χ0n) is 11.0. The molecule has 0 saturated carbocycles. The van der Waals surface area contributed by atoms with Crippen LogP contribution in [0, 0.1) is 5.92 Å². The predicted octanol–water partition coefficient (Wildman–Crippen LogP) is -0.106. The highest BCUT2D eigenvalue weighted by Gasteiger charge is 2.35. The van der Waals surface area contributed by atoms with Crippen LogP contribution >= 0.6 is 0 Å². The number of rotatable bonds is 3. The van der Waals surface area contributed by atoms with E-state index in [1.54, 1.807) is 12.1 Å². The van der Waals surface area contributed by atoms with Crippen LogP contribution in [0.15, 0.2) is 18.2 Å². The molecule has 4 N–H and O–H groups in total. The summed E-state index contributed by atoms with van der Waals surface area (Å²) < 4.78 is 4.62. The highest BCUT2D eigenvalue weighted by atomic mass is 16.5. The van der Waals surface area contributed by atoms with Gasteiger partial charge in [-0.25, -0.2) is 4.79 Å². The number of benzene rings is 1. The molecule has 1 heterocycles. The molecule has 0 radical (unpaired) electrons. The summed E-state index contributed by atoms with van der Waals surface area (Å²) in [4.78, 5) is 36.1. The summed E-state index contributed by atoms with van der Waals surface area (Å²) in [6.07, 6.45) is 0.0528. The number of esters is 1. The molecular formula is C13H15N3O4. The molecule has 7 heteroatoms. The predicted molar refractivity (Wildman–Crippen MR) is 71.8 cm³/mol. The zero-order valence-corrected chi connectivity index (χ0v) is 11.0. The Hall–Kier alpha value is -2.57. The van der Waals surface area contributed by atoms with Crippen LogP contribution in [0.25, 0.3) is 0 Å². The molecule has 2 amide bonds. The molecule has 0 aromatic heterocycles. The van der Waals surface area contributed by atoms with E-state index < -0.39 is 17.8 Å². The molecule has 2 rings (SSSR count). The highest BCUT2D eigenvalue weighted by molar-refractivity contribution is 6.05. The van der Waals surface area contributed by atoms with Crippen LogP contribution in [-0.2, 0) is 14.3 Å². The van der Waals surface area contributed by atoms with Crippen molar-refractivity contribution in [3.05, 3.63) is 23.8 Å². The summed E-state index contributed by atoms with van der Waals surface area (Å²) in [6.45, 7) is 0.170. The third-order valence-electron chi connectivity index (χ3n) is 3.31. The third kappa shape index (κ3) is 2.29. The number of nitrogens with two attached hydrogens (primary N) is 2. The van der Waals surface area contributed by atoms with E-state index in [0.717, 1.165) is 0 Å². The first-order valence-electron chi connectivity index (χ1n) is 6.02. The van der Waals surface area contributed by atoms with Crippen LogP contribution in [0.3, 0.4) is 0 Å². The van der Waals surface area contributed by atoms with Crippen LogP contribution < -0.4 is 16.4 Å². The molecule has 0 aliphatic carbocycles. The zero-order chi connectivity index (χ0) is 14.9. The number of ether oxygens (including phenoxy) is 1. The molecule has 1 fully saturated rings. The quantitative estimate of drug-likeness (QED) is 0.591. The average molecular weight is 277 g/mol. The smallest absolute Gasteiger partial charge is 0.340 e. The number of amides is 2. The maximum atomic E-state index is 11.9. The number of primary amides is 1. The number of para-hydroxylation sites is 1. The molecule has 106 valence electrons. The summed E-state index contributed by atoms with van der Waals surface area (Å²) in [6, 6.07) is 4.72.